The Kier molecular flexibility index (Phi) is 4.89. The molecule has 5 heteroatoms. The van der Waals surface area contributed by atoms with Crippen LogP contribution in [0, 0.1) is 0 Å². The Labute approximate surface area is 157 Å². The molecule has 1 amide bonds. The standard InChI is InChI=1S/C21H22N2O2S/c1-25-16-7-4-6-15(14-16)18-9-5-13-23(18)21(24)12-11-20-22-17-8-2-3-10-19(17)26-20/h2-4,6-8,10,14,18H,5,9,11-13H2,1H3/t18-/m0/s1. The molecule has 26 heavy (non-hydrogen) atoms. The van der Waals surface area contributed by atoms with Gasteiger partial charge in [-0.3, -0.25) is 4.79 Å². The van der Waals surface area contributed by atoms with Crippen LogP contribution in [0.1, 0.15) is 35.9 Å². The zero-order valence-electron chi connectivity index (χ0n) is 14.9. The molecule has 0 spiro atoms. The van der Waals surface area contributed by atoms with Crippen LogP contribution in [-0.4, -0.2) is 29.4 Å². The Morgan fingerprint density at radius 3 is 3.00 bits per heavy atom. The summed E-state index contributed by atoms with van der Waals surface area (Å²) in [6.07, 6.45) is 3.29. The fraction of sp³-hybridized carbons (Fsp3) is 0.333. The highest BCUT2D eigenvalue weighted by Gasteiger charge is 2.29. The molecule has 4 rings (SSSR count). The van der Waals surface area contributed by atoms with E-state index in [4.69, 9.17) is 4.74 Å². The van der Waals surface area contributed by atoms with Crippen molar-refractivity contribution < 1.29 is 9.53 Å². The molecule has 1 aromatic heterocycles. The predicted octanol–water partition coefficient (Wildman–Crippen LogP) is 4.60. The first kappa shape index (κ1) is 17.0. The molecule has 4 nitrogen and oxygen atoms in total. The van der Waals surface area contributed by atoms with Crippen molar-refractivity contribution in [1.82, 2.24) is 9.88 Å². The molecule has 0 N–H and O–H groups in total. The van der Waals surface area contributed by atoms with Crippen LogP contribution in [-0.2, 0) is 11.2 Å². The van der Waals surface area contributed by atoms with Crippen molar-refractivity contribution in [3.05, 3.63) is 59.1 Å². The molecule has 0 radical (unpaired) electrons. The van der Waals surface area contributed by atoms with Crippen molar-refractivity contribution in [2.75, 3.05) is 13.7 Å². The summed E-state index contributed by atoms with van der Waals surface area (Å²) in [5.74, 6) is 1.06. The summed E-state index contributed by atoms with van der Waals surface area (Å²) in [6, 6.07) is 16.4. The number of hydrogen-bond acceptors (Lipinski definition) is 4. The quantitative estimate of drug-likeness (QED) is 0.663. The summed E-state index contributed by atoms with van der Waals surface area (Å²) in [7, 11) is 1.68. The van der Waals surface area contributed by atoms with E-state index in [9.17, 15) is 4.79 Å². The number of methoxy groups -OCH3 is 1. The smallest absolute Gasteiger partial charge is 0.223 e. The molecule has 1 aliphatic rings. The van der Waals surface area contributed by atoms with E-state index in [2.05, 4.69) is 17.1 Å². The molecule has 1 aliphatic heterocycles. The van der Waals surface area contributed by atoms with Gasteiger partial charge < -0.3 is 9.64 Å². The molecule has 0 saturated carbocycles. The van der Waals surface area contributed by atoms with Gasteiger partial charge in [0.05, 0.1) is 28.4 Å². The molecule has 2 aromatic carbocycles. The maximum absolute atomic E-state index is 12.8. The summed E-state index contributed by atoms with van der Waals surface area (Å²) >= 11 is 1.69. The summed E-state index contributed by atoms with van der Waals surface area (Å²) < 4.78 is 6.52. The van der Waals surface area contributed by atoms with Gasteiger partial charge in [-0.2, -0.15) is 0 Å². The minimum atomic E-state index is 0.160. The van der Waals surface area contributed by atoms with Gasteiger partial charge >= 0.3 is 0 Å². The van der Waals surface area contributed by atoms with Gasteiger partial charge in [0.15, 0.2) is 0 Å². The van der Waals surface area contributed by atoms with Crippen molar-refractivity contribution in [2.24, 2.45) is 0 Å². The lowest BCUT2D eigenvalue weighted by atomic mass is 10.0. The van der Waals surface area contributed by atoms with Gasteiger partial charge in [-0.1, -0.05) is 24.3 Å². The number of nitrogens with zero attached hydrogens (tertiary/aromatic N) is 2. The minimum Gasteiger partial charge on any atom is -0.497 e. The highest BCUT2D eigenvalue weighted by molar-refractivity contribution is 7.18. The topological polar surface area (TPSA) is 42.4 Å². The summed E-state index contributed by atoms with van der Waals surface area (Å²) in [6.45, 7) is 0.834. The second-order valence-electron chi connectivity index (χ2n) is 6.60. The van der Waals surface area contributed by atoms with E-state index in [0.29, 0.717) is 12.8 Å². The number of benzene rings is 2. The van der Waals surface area contributed by atoms with Gasteiger partial charge in [0, 0.05) is 19.4 Å². The fourth-order valence-electron chi connectivity index (χ4n) is 3.64. The monoisotopic (exact) mass is 366 g/mol. The van der Waals surface area contributed by atoms with Gasteiger partial charge in [0.25, 0.3) is 0 Å². The van der Waals surface area contributed by atoms with Gasteiger partial charge in [0.1, 0.15) is 5.75 Å². The maximum Gasteiger partial charge on any atom is 0.223 e. The third-order valence-electron chi connectivity index (χ3n) is 4.94. The van der Waals surface area contributed by atoms with E-state index in [1.807, 2.05) is 41.3 Å². The molecule has 0 unspecified atom stereocenters. The summed E-state index contributed by atoms with van der Waals surface area (Å²) in [5, 5.41) is 1.04. The molecule has 1 fully saturated rings. The second kappa shape index (κ2) is 7.46. The first-order chi connectivity index (χ1) is 12.7. The molecule has 3 aromatic rings. The lowest BCUT2D eigenvalue weighted by Crippen LogP contribution is -2.30. The Balaban J connectivity index is 1.44. The highest BCUT2D eigenvalue weighted by Crippen LogP contribution is 2.34. The van der Waals surface area contributed by atoms with E-state index in [1.165, 1.54) is 4.70 Å². The number of carbonyl (C=O) groups is 1. The maximum atomic E-state index is 12.8. The van der Waals surface area contributed by atoms with Crippen LogP contribution in [0.3, 0.4) is 0 Å². The van der Waals surface area contributed by atoms with Crippen LogP contribution in [0.4, 0.5) is 0 Å². The summed E-state index contributed by atoms with van der Waals surface area (Å²) in [4.78, 5) is 19.5. The van der Waals surface area contributed by atoms with Gasteiger partial charge in [-0.05, 0) is 42.7 Å². The van der Waals surface area contributed by atoms with Crippen LogP contribution in [0.2, 0.25) is 0 Å². The number of para-hydroxylation sites is 1. The zero-order chi connectivity index (χ0) is 17.9. The van der Waals surface area contributed by atoms with E-state index in [-0.39, 0.29) is 11.9 Å². The number of fused-ring (bicyclic) bond motifs is 1. The third kappa shape index (κ3) is 3.44. The SMILES string of the molecule is COc1cccc([C@@H]2CCCN2C(=O)CCc2nc3ccccc3s2)c1. The Morgan fingerprint density at radius 1 is 1.27 bits per heavy atom. The second-order valence-corrected chi connectivity index (χ2v) is 7.71. The molecule has 1 atom stereocenters. The molecular weight excluding hydrogens is 344 g/mol. The lowest BCUT2D eigenvalue weighted by Gasteiger charge is -2.25. The van der Waals surface area contributed by atoms with Gasteiger partial charge in [-0.15, -0.1) is 11.3 Å². The minimum absolute atomic E-state index is 0.160. The first-order valence-electron chi connectivity index (χ1n) is 9.02. The Morgan fingerprint density at radius 2 is 2.15 bits per heavy atom. The van der Waals surface area contributed by atoms with E-state index >= 15 is 0 Å². The number of amides is 1. The average molecular weight is 366 g/mol. The van der Waals surface area contributed by atoms with Crippen LogP contribution in [0.25, 0.3) is 10.2 Å². The number of aryl methyl sites for hydroxylation is 1. The number of aromatic nitrogens is 1. The zero-order valence-corrected chi connectivity index (χ0v) is 15.7. The van der Waals surface area contributed by atoms with Crippen LogP contribution >= 0.6 is 11.3 Å². The molecule has 1 saturated heterocycles. The molecule has 0 aliphatic carbocycles. The van der Waals surface area contributed by atoms with E-state index in [1.54, 1.807) is 18.4 Å². The Hall–Kier alpha value is -2.40. The summed E-state index contributed by atoms with van der Waals surface area (Å²) in [5.41, 5.74) is 2.19. The third-order valence-corrected chi connectivity index (χ3v) is 6.04. The predicted molar refractivity (Wildman–Crippen MR) is 105 cm³/mol. The van der Waals surface area contributed by atoms with Gasteiger partial charge in [0.2, 0.25) is 5.91 Å². The number of carbonyl (C=O) groups excluding carboxylic acids is 1. The number of hydrogen-bond donors (Lipinski definition) is 0. The first-order valence-corrected chi connectivity index (χ1v) is 9.84. The van der Waals surface area contributed by atoms with Crippen LogP contribution < -0.4 is 4.74 Å². The number of rotatable bonds is 5. The van der Waals surface area contributed by atoms with E-state index in [0.717, 1.165) is 41.2 Å². The number of ether oxygens (including phenoxy) is 1. The van der Waals surface area contributed by atoms with Crippen LogP contribution in [0.15, 0.2) is 48.5 Å². The van der Waals surface area contributed by atoms with Crippen molar-refractivity contribution >= 4 is 27.5 Å². The molecule has 0 bridgehead atoms. The van der Waals surface area contributed by atoms with Crippen molar-refractivity contribution in [1.29, 1.82) is 0 Å². The fourth-order valence-corrected chi connectivity index (χ4v) is 4.61. The normalized spacial score (nSPS) is 17.0. The highest BCUT2D eigenvalue weighted by atomic mass is 32.1. The van der Waals surface area contributed by atoms with Crippen LogP contribution in [0.5, 0.6) is 5.75 Å². The van der Waals surface area contributed by atoms with Crippen molar-refractivity contribution in [3.63, 3.8) is 0 Å². The van der Waals surface area contributed by atoms with Gasteiger partial charge in [-0.25, -0.2) is 4.98 Å². The molecule has 134 valence electrons. The number of thiazole rings is 1. The number of likely N-dealkylation sites (tertiary alicyclic amines) is 1. The lowest BCUT2D eigenvalue weighted by molar-refractivity contribution is -0.132. The molecule has 2 heterocycles. The molecular formula is C21H22N2O2S. The van der Waals surface area contributed by atoms with Crippen molar-refractivity contribution in [3.8, 4) is 5.75 Å². The average Bonchev–Trinajstić information content (AvgIpc) is 3.32. The van der Waals surface area contributed by atoms with E-state index < -0.39 is 0 Å². The Bertz CT molecular complexity index is 888. The largest absolute Gasteiger partial charge is 0.497 e. The van der Waals surface area contributed by atoms with Crippen molar-refractivity contribution in [2.45, 2.75) is 31.7 Å².